The maximum Gasteiger partial charge on any atom is 0.118 e. The highest BCUT2D eigenvalue weighted by Crippen LogP contribution is 2.22. The third kappa shape index (κ3) is 4.23. The van der Waals surface area contributed by atoms with E-state index in [1.807, 2.05) is 19.1 Å². The van der Waals surface area contributed by atoms with Gasteiger partial charge in [-0.3, -0.25) is 0 Å². The molecule has 1 aromatic carbocycles. The minimum atomic E-state index is 0.589. The van der Waals surface area contributed by atoms with Gasteiger partial charge in [-0.25, -0.2) is 0 Å². The molecule has 1 atom stereocenters. The van der Waals surface area contributed by atoms with E-state index in [1.54, 1.807) is 7.11 Å². The van der Waals surface area contributed by atoms with E-state index in [1.165, 1.54) is 12.0 Å². The summed E-state index contributed by atoms with van der Waals surface area (Å²) >= 11 is 0. The normalized spacial score (nSPS) is 12.4. The molecule has 2 heteroatoms. The summed E-state index contributed by atoms with van der Waals surface area (Å²) in [7, 11) is 1.69. The highest BCUT2D eigenvalue weighted by atomic mass is 16.5. The molecule has 0 saturated heterocycles. The van der Waals surface area contributed by atoms with Crippen LogP contribution in [0.4, 0.5) is 0 Å². The molecule has 2 nitrogen and oxygen atoms in total. The summed E-state index contributed by atoms with van der Waals surface area (Å²) < 4.78 is 10.5. The predicted molar refractivity (Wildman–Crippen MR) is 67.1 cm³/mol. The van der Waals surface area contributed by atoms with Crippen molar-refractivity contribution in [2.45, 2.75) is 32.6 Å². The van der Waals surface area contributed by atoms with Crippen molar-refractivity contribution in [2.75, 3.05) is 20.3 Å². The molecule has 0 spiro atoms. The lowest BCUT2D eigenvalue weighted by Crippen LogP contribution is -1.98. The van der Waals surface area contributed by atoms with Gasteiger partial charge in [0.25, 0.3) is 0 Å². The Kier molecular flexibility index (Phi) is 5.94. The lowest BCUT2D eigenvalue weighted by Gasteiger charge is -2.12. The lowest BCUT2D eigenvalue weighted by molar-refractivity contribution is 0.142. The standard InChI is InChI=1S/C14H22O2/c1-4-16-11-5-6-12(2)13-7-9-14(15-3)10-8-13/h7-10,12H,4-6,11H2,1-3H3. The first-order valence-corrected chi connectivity index (χ1v) is 5.99. The molecule has 90 valence electrons. The number of benzene rings is 1. The van der Waals surface area contributed by atoms with Gasteiger partial charge in [0.15, 0.2) is 0 Å². The molecule has 1 unspecified atom stereocenters. The molecule has 0 heterocycles. The van der Waals surface area contributed by atoms with Crippen molar-refractivity contribution in [1.82, 2.24) is 0 Å². The van der Waals surface area contributed by atoms with Crippen molar-refractivity contribution >= 4 is 0 Å². The van der Waals surface area contributed by atoms with Crippen molar-refractivity contribution in [1.29, 1.82) is 0 Å². The van der Waals surface area contributed by atoms with Gasteiger partial charge in [-0.15, -0.1) is 0 Å². The van der Waals surface area contributed by atoms with E-state index in [0.29, 0.717) is 5.92 Å². The Morgan fingerprint density at radius 1 is 1.19 bits per heavy atom. The van der Waals surface area contributed by atoms with Crippen molar-refractivity contribution in [3.05, 3.63) is 29.8 Å². The van der Waals surface area contributed by atoms with Crippen LogP contribution < -0.4 is 4.74 Å². The molecule has 0 bridgehead atoms. The van der Waals surface area contributed by atoms with E-state index in [4.69, 9.17) is 9.47 Å². The zero-order chi connectivity index (χ0) is 11.8. The van der Waals surface area contributed by atoms with Crippen LogP contribution in [0.15, 0.2) is 24.3 Å². The molecule has 0 aliphatic heterocycles. The number of ether oxygens (including phenoxy) is 2. The van der Waals surface area contributed by atoms with E-state index in [0.717, 1.165) is 25.4 Å². The largest absolute Gasteiger partial charge is 0.497 e. The first kappa shape index (κ1) is 13.0. The van der Waals surface area contributed by atoms with Crippen LogP contribution in [0.25, 0.3) is 0 Å². The highest BCUT2D eigenvalue weighted by Gasteiger charge is 2.05. The summed E-state index contributed by atoms with van der Waals surface area (Å²) in [6.07, 6.45) is 2.30. The Balaban J connectivity index is 2.37. The summed E-state index contributed by atoms with van der Waals surface area (Å²) in [5, 5.41) is 0. The molecule has 0 amide bonds. The van der Waals surface area contributed by atoms with E-state index in [-0.39, 0.29) is 0 Å². The lowest BCUT2D eigenvalue weighted by atomic mass is 9.96. The first-order valence-electron chi connectivity index (χ1n) is 5.99. The van der Waals surface area contributed by atoms with Crippen molar-refractivity contribution in [3.8, 4) is 5.75 Å². The summed E-state index contributed by atoms with van der Waals surface area (Å²) in [6.45, 7) is 5.98. The number of hydrogen-bond acceptors (Lipinski definition) is 2. The SMILES string of the molecule is CCOCCCC(C)c1ccc(OC)cc1. The van der Waals surface area contributed by atoms with Gasteiger partial charge < -0.3 is 9.47 Å². The van der Waals surface area contributed by atoms with Crippen LogP contribution in [0.1, 0.15) is 38.2 Å². The van der Waals surface area contributed by atoms with E-state index in [9.17, 15) is 0 Å². The van der Waals surface area contributed by atoms with Gasteiger partial charge >= 0.3 is 0 Å². The summed E-state index contributed by atoms with van der Waals surface area (Å²) in [5.41, 5.74) is 1.37. The highest BCUT2D eigenvalue weighted by molar-refractivity contribution is 5.28. The molecule has 0 aliphatic rings. The molecular formula is C14H22O2. The van der Waals surface area contributed by atoms with Crippen LogP contribution in [0.5, 0.6) is 5.75 Å². The number of methoxy groups -OCH3 is 1. The maximum atomic E-state index is 5.34. The van der Waals surface area contributed by atoms with E-state index < -0.39 is 0 Å². The summed E-state index contributed by atoms with van der Waals surface area (Å²) in [4.78, 5) is 0. The number of rotatable bonds is 7. The third-order valence-corrected chi connectivity index (χ3v) is 2.81. The van der Waals surface area contributed by atoms with Crippen LogP contribution in [0.3, 0.4) is 0 Å². The molecule has 1 aromatic rings. The fourth-order valence-corrected chi connectivity index (χ4v) is 1.74. The molecule has 1 rings (SSSR count). The Morgan fingerprint density at radius 2 is 1.88 bits per heavy atom. The van der Waals surface area contributed by atoms with Crippen molar-refractivity contribution < 1.29 is 9.47 Å². The molecule has 0 fully saturated rings. The minimum absolute atomic E-state index is 0.589. The molecule has 0 N–H and O–H groups in total. The average molecular weight is 222 g/mol. The zero-order valence-corrected chi connectivity index (χ0v) is 10.5. The second-order valence-corrected chi connectivity index (χ2v) is 4.01. The number of hydrogen-bond donors (Lipinski definition) is 0. The van der Waals surface area contributed by atoms with Gasteiger partial charge in [0, 0.05) is 13.2 Å². The third-order valence-electron chi connectivity index (χ3n) is 2.81. The van der Waals surface area contributed by atoms with Crippen LogP contribution >= 0.6 is 0 Å². The van der Waals surface area contributed by atoms with Gasteiger partial charge in [0.05, 0.1) is 7.11 Å². The van der Waals surface area contributed by atoms with Gasteiger partial charge in [0.1, 0.15) is 5.75 Å². The van der Waals surface area contributed by atoms with Crippen LogP contribution in [-0.2, 0) is 4.74 Å². The van der Waals surface area contributed by atoms with Gasteiger partial charge in [-0.2, -0.15) is 0 Å². The average Bonchev–Trinajstić information content (AvgIpc) is 2.34. The van der Waals surface area contributed by atoms with Crippen molar-refractivity contribution in [2.24, 2.45) is 0 Å². The predicted octanol–water partition coefficient (Wildman–Crippen LogP) is 3.62. The Morgan fingerprint density at radius 3 is 2.44 bits per heavy atom. The summed E-state index contributed by atoms with van der Waals surface area (Å²) in [6, 6.07) is 8.33. The molecule has 0 saturated carbocycles. The Labute approximate surface area is 98.6 Å². The van der Waals surface area contributed by atoms with Crippen LogP contribution in [0.2, 0.25) is 0 Å². The molecule has 0 aromatic heterocycles. The fraction of sp³-hybridized carbons (Fsp3) is 0.571. The molecule has 16 heavy (non-hydrogen) atoms. The first-order chi connectivity index (χ1) is 7.77. The molecule has 0 radical (unpaired) electrons. The molecular weight excluding hydrogens is 200 g/mol. The van der Waals surface area contributed by atoms with Crippen molar-refractivity contribution in [3.63, 3.8) is 0 Å². The topological polar surface area (TPSA) is 18.5 Å². The minimum Gasteiger partial charge on any atom is -0.497 e. The van der Waals surface area contributed by atoms with E-state index in [2.05, 4.69) is 19.1 Å². The quantitative estimate of drug-likeness (QED) is 0.656. The second kappa shape index (κ2) is 7.29. The van der Waals surface area contributed by atoms with Gasteiger partial charge in [-0.1, -0.05) is 19.1 Å². The summed E-state index contributed by atoms with van der Waals surface area (Å²) in [5.74, 6) is 1.51. The molecule has 0 aliphatic carbocycles. The van der Waals surface area contributed by atoms with Gasteiger partial charge in [-0.05, 0) is 43.4 Å². The zero-order valence-electron chi connectivity index (χ0n) is 10.5. The van der Waals surface area contributed by atoms with Gasteiger partial charge in [0.2, 0.25) is 0 Å². The Bertz CT molecular complexity index is 279. The second-order valence-electron chi connectivity index (χ2n) is 4.01. The fourth-order valence-electron chi connectivity index (χ4n) is 1.74. The monoisotopic (exact) mass is 222 g/mol. The maximum absolute atomic E-state index is 5.34. The van der Waals surface area contributed by atoms with E-state index >= 15 is 0 Å². The van der Waals surface area contributed by atoms with Crippen LogP contribution in [-0.4, -0.2) is 20.3 Å². The smallest absolute Gasteiger partial charge is 0.118 e. The van der Waals surface area contributed by atoms with Crippen LogP contribution in [0, 0.1) is 0 Å². The Hall–Kier alpha value is -1.02.